The minimum absolute atomic E-state index is 0.0465. The molecule has 0 saturated carbocycles. The van der Waals surface area contributed by atoms with E-state index in [4.69, 9.17) is 4.74 Å². The first-order chi connectivity index (χ1) is 12.4. The molecule has 1 atom stereocenters. The van der Waals surface area contributed by atoms with Crippen molar-refractivity contribution in [3.63, 3.8) is 0 Å². The van der Waals surface area contributed by atoms with Crippen LogP contribution in [0.3, 0.4) is 0 Å². The van der Waals surface area contributed by atoms with Gasteiger partial charge in [0.2, 0.25) is 0 Å². The standard InChI is InChI=1S/C17H13BrN4O4/c1-10(16-20-14-8-12(18)9-19-17(14)21-16)26-15(23)6-5-11-3-2-4-13(7-11)22(24)25/h2-10H,1H3,(H,19,20,21)/b6-5+. The van der Waals surface area contributed by atoms with Gasteiger partial charge < -0.3 is 9.72 Å². The largest absolute Gasteiger partial charge is 0.451 e. The molecule has 2 aromatic heterocycles. The van der Waals surface area contributed by atoms with Crippen molar-refractivity contribution < 1.29 is 14.5 Å². The number of fused-ring (bicyclic) bond motifs is 1. The van der Waals surface area contributed by atoms with Gasteiger partial charge in [0, 0.05) is 28.9 Å². The maximum atomic E-state index is 12.0. The van der Waals surface area contributed by atoms with Gasteiger partial charge in [-0.05, 0) is 40.6 Å². The van der Waals surface area contributed by atoms with E-state index in [1.165, 1.54) is 24.3 Å². The number of halogens is 1. The van der Waals surface area contributed by atoms with Crippen molar-refractivity contribution in [2.75, 3.05) is 0 Å². The maximum absolute atomic E-state index is 12.0. The van der Waals surface area contributed by atoms with Crippen molar-refractivity contribution in [1.29, 1.82) is 0 Å². The Hall–Kier alpha value is -3.07. The Labute approximate surface area is 156 Å². The Morgan fingerprint density at radius 3 is 3.00 bits per heavy atom. The number of pyridine rings is 1. The van der Waals surface area contributed by atoms with E-state index in [0.29, 0.717) is 17.0 Å². The number of nitro groups is 1. The number of nitrogens with zero attached hydrogens (tertiary/aromatic N) is 3. The summed E-state index contributed by atoms with van der Waals surface area (Å²) in [6, 6.07) is 7.78. The number of rotatable bonds is 5. The van der Waals surface area contributed by atoms with Gasteiger partial charge in [-0.15, -0.1) is 0 Å². The molecular formula is C17H13BrN4O4. The van der Waals surface area contributed by atoms with Crippen LogP contribution in [-0.4, -0.2) is 25.8 Å². The predicted molar refractivity (Wildman–Crippen MR) is 98.2 cm³/mol. The third-order valence-corrected chi connectivity index (χ3v) is 3.93. The van der Waals surface area contributed by atoms with Crippen LogP contribution in [0.15, 0.2) is 47.1 Å². The highest BCUT2D eigenvalue weighted by Gasteiger charge is 2.15. The Balaban J connectivity index is 1.68. The third-order valence-electron chi connectivity index (χ3n) is 3.49. The van der Waals surface area contributed by atoms with Crippen LogP contribution in [-0.2, 0) is 9.53 Å². The lowest BCUT2D eigenvalue weighted by Gasteiger charge is -2.08. The number of benzene rings is 1. The lowest BCUT2D eigenvalue weighted by atomic mass is 10.2. The van der Waals surface area contributed by atoms with Crippen molar-refractivity contribution in [2.45, 2.75) is 13.0 Å². The molecule has 0 fully saturated rings. The fourth-order valence-corrected chi connectivity index (χ4v) is 2.59. The van der Waals surface area contributed by atoms with Crippen molar-refractivity contribution in [1.82, 2.24) is 15.0 Å². The molecule has 1 aromatic carbocycles. The second-order valence-electron chi connectivity index (χ2n) is 5.41. The number of esters is 1. The van der Waals surface area contributed by atoms with Gasteiger partial charge in [0.1, 0.15) is 5.82 Å². The molecule has 0 aliphatic rings. The number of nitro benzene ring substituents is 1. The first-order valence-corrected chi connectivity index (χ1v) is 8.36. The third kappa shape index (κ3) is 4.12. The molecule has 8 nitrogen and oxygen atoms in total. The summed E-state index contributed by atoms with van der Waals surface area (Å²) in [5, 5.41) is 10.8. The van der Waals surface area contributed by atoms with Gasteiger partial charge in [-0.1, -0.05) is 12.1 Å². The van der Waals surface area contributed by atoms with Crippen molar-refractivity contribution in [2.24, 2.45) is 0 Å². The molecule has 0 aliphatic carbocycles. The van der Waals surface area contributed by atoms with E-state index in [9.17, 15) is 14.9 Å². The number of carbonyl (C=O) groups is 1. The molecule has 1 N–H and O–H groups in total. The highest BCUT2D eigenvalue weighted by atomic mass is 79.9. The van der Waals surface area contributed by atoms with Crippen LogP contribution in [0.4, 0.5) is 5.69 Å². The van der Waals surface area contributed by atoms with Gasteiger partial charge in [0.25, 0.3) is 5.69 Å². The van der Waals surface area contributed by atoms with E-state index >= 15 is 0 Å². The number of imidazole rings is 1. The lowest BCUT2D eigenvalue weighted by Crippen LogP contribution is -2.07. The zero-order chi connectivity index (χ0) is 18.7. The fraction of sp³-hybridized carbons (Fsp3) is 0.118. The molecule has 0 bridgehead atoms. The molecule has 132 valence electrons. The summed E-state index contributed by atoms with van der Waals surface area (Å²) in [7, 11) is 0. The Bertz CT molecular complexity index is 1010. The van der Waals surface area contributed by atoms with Crippen LogP contribution in [0, 0.1) is 10.1 Å². The zero-order valence-electron chi connectivity index (χ0n) is 13.5. The fourth-order valence-electron chi connectivity index (χ4n) is 2.26. The van der Waals surface area contributed by atoms with Crippen molar-refractivity contribution in [3.05, 3.63) is 68.6 Å². The Kier molecular flexibility index (Phi) is 5.08. The number of ether oxygens (including phenoxy) is 1. The van der Waals surface area contributed by atoms with Gasteiger partial charge in [-0.3, -0.25) is 10.1 Å². The van der Waals surface area contributed by atoms with Gasteiger partial charge in [-0.2, -0.15) is 0 Å². The van der Waals surface area contributed by atoms with Crippen molar-refractivity contribution >= 4 is 44.8 Å². The average molecular weight is 417 g/mol. The van der Waals surface area contributed by atoms with Crippen molar-refractivity contribution in [3.8, 4) is 0 Å². The summed E-state index contributed by atoms with van der Waals surface area (Å²) in [6.07, 6.45) is 3.70. The molecular weight excluding hydrogens is 404 g/mol. The Morgan fingerprint density at radius 1 is 1.42 bits per heavy atom. The number of aromatic nitrogens is 3. The van der Waals surface area contributed by atoms with E-state index < -0.39 is 17.0 Å². The number of aromatic amines is 1. The van der Waals surface area contributed by atoms with Gasteiger partial charge >= 0.3 is 5.97 Å². The molecule has 0 spiro atoms. The van der Waals surface area contributed by atoms with E-state index in [2.05, 4.69) is 30.9 Å². The lowest BCUT2D eigenvalue weighted by molar-refractivity contribution is -0.384. The summed E-state index contributed by atoms with van der Waals surface area (Å²) in [5.41, 5.74) is 1.74. The van der Waals surface area contributed by atoms with Gasteiger partial charge in [0.15, 0.2) is 11.8 Å². The highest BCUT2D eigenvalue weighted by molar-refractivity contribution is 9.10. The number of hydrogen-bond acceptors (Lipinski definition) is 6. The van der Waals surface area contributed by atoms with Crippen LogP contribution in [0.25, 0.3) is 17.2 Å². The topological polar surface area (TPSA) is 111 Å². The number of hydrogen-bond donors (Lipinski definition) is 1. The predicted octanol–water partition coefficient (Wildman–Crippen LogP) is 3.95. The van der Waals surface area contributed by atoms with E-state index in [1.54, 1.807) is 25.3 Å². The number of nitrogens with one attached hydrogen (secondary N) is 1. The summed E-state index contributed by atoms with van der Waals surface area (Å²) < 4.78 is 6.11. The smallest absolute Gasteiger partial charge is 0.331 e. The van der Waals surface area contributed by atoms with Crippen LogP contribution < -0.4 is 0 Å². The van der Waals surface area contributed by atoms with E-state index in [1.807, 2.05) is 6.07 Å². The quantitative estimate of drug-likeness (QED) is 0.291. The molecule has 0 radical (unpaired) electrons. The monoisotopic (exact) mass is 416 g/mol. The zero-order valence-corrected chi connectivity index (χ0v) is 15.1. The van der Waals surface area contributed by atoms with Crippen LogP contribution in [0.2, 0.25) is 0 Å². The first kappa shape index (κ1) is 17.7. The average Bonchev–Trinajstić information content (AvgIpc) is 3.03. The van der Waals surface area contributed by atoms with Crippen LogP contribution >= 0.6 is 15.9 Å². The van der Waals surface area contributed by atoms with E-state index in [-0.39, 0.29) is 5.69 Å². The molecule has 3 rings (SSSR count). The summed E-state index contributed by atoms with van der Waals surface area (Å²) in [5.74, 6) is -0.110. The normalized spacial score (nSPS) is 12.4. The number of H-pyrrole nitrogens is 1. The second kappa shape index (κ2) is 7.44. The molecule has 2 heterocycles. The molecule has 9 heteroatoms. The second-order valence-corrected chi connectivity index (χ2v) is 6.33. The minimum atomic E-state index is -0.606. The minimum Gasteiger partial charge on any atom is -0.451 e. The molecule has 0 amide bonds. The number of carbonyl (C=O) groups excluding carboxylic acids is 1. The summed E-state index contributed by atoms with van der Waals surface area (Å²) >= 11 is 3.33. The van der Waals surface area contributed by atoms with Crippen LogP contribution in [0.1, 0.15) is 24.4 Å². The molecule has 3 aromatic rings. The molecule has 0 saturated heterocycles. The summed E-state index contributed by atoms with van der Waals surface area (Å²) in [4.78, 5) is 33.8. The number of non-ortho nitro benzene ring substituents is 1. The maximum Gasteiger partial charge on any atom is 0.331 e. The molecule has 0 aliphatic heterocycles. The first-order valence-electron chi connectivity index (χ1n) is 7.56. The highest BCUT2D eigenvalue weighted by Crippen LogP contribution is 2.20. The molecule has 26 heavy (non-hydrogen) atoms. The van der Waals surface area contributed by atoms with E-state index in [0.717, 1.165) is 9.99 Å². The van der Waals surface area contributed by atoms with Crippen LogP contribution in [0.5, 0.6) is 0 Å². The van der Waals surface area contributed by atoms with Gasteiger partial charge in [0.05, 0.1) is 10.4 Å². The van der Waals surface area contributed by atoms with Gasteiger partial charge in [-0.25, -0.2) is 14.8 Å². The summed E-state index contributed by atoms with van der Waals surface area (Å²) in [6.45, 7) is 1.69. The Morgan fingerprint density at radius 2 is 2.23 bits per heavy atom. The SMILES string of the molecule is CC(OC(=O)/C=C/c1cccc([N+](=O)[O-])c1)c1nc2ncc(Br)cc2[nH]1. The molecule has 1 unspecified atom stereocenters.